The summed E-state index contributed by atoms with van der Waals surface area (Å²) in [4.78, 5) is 20.5. The monoisotopic (exact) mass is 336 g/mol. The third-order valence-corrected chi connectivity index (χ3v) is 3.05. The molecule has 0 saturated carbocycles. The summed E-state index contributed by atoms with van der Waals surface area (Å²) >= 11 is 0. The first-order chi connectivity index (χ1) is 12.0. The Labute approximate surface area is 140 Å². The van der Waals surface area contributed by atoms with E-state index in [1.54, 1.807) is 18.2 Å². The number of hydrogen-bond acceptors (Lipinski definition) is 8. The molecule has 0 fully saturated rings. The zero-order valence-corrected chi connectivity index (χ0v) is 12.4. The van der Waals surface area contributed by atoms with E-state index in [-0.39, 0.29) is 22.5 Å². The summed E-state index contributed by atoms with van der Waals surface area (Å²) in [5, 5.41) is 43.5. The molecule has 1 N–H and O–H groups in total. The standard InChI is InChI=1S/C15H8N6O4/c16-7-11-5-14(15(21(24)25)6-12(11)8-17)19-18-9-10-2-1-3-13(4-10)20(22)23/h1-6,9,19H/b18-9-. The molecule has 10 heteroatoms. The Morgan fingerprint density at radius 3 is 2.32 bits per heavy atom. The van der Waals surface area contributed by atoms with Crippen molar-refractivity contribution in [3.63, 3.8) is 0 Å². The van der Waals surface area contributed by atoms with Crippen molar-refractivity contribution in [2.45, 2.75) is 0 Å². The van der Waals surface area contributed by atoms with Crippen LogP contribution in [0.5, 0.6) is 0 Å². The van der Waals surface area contributed by atoms with E-state index < -0.39 is 15.5 Å². The van der Waals surface area contributed by atoms with E-state index in [9.17, 15) is 20.2 Å². The average molecular weight is 336 g/mol. The van der Waals surface area contributed by atoms with Gasteiger partial charge in [-0.2, -0.15) is 15.6 Å². The van der Waals surface area contributed by atoms with Crippen molar-refractivity contribution in [2.75, 3.05) is 5.43 Å². The van der Waals surface area contributed by atoms with Crippen LogP contribution in [-0.2, 0) is 0 Å². The van der Waals surface area contributed by atoms with E-state index in [1.807, 2.05) is 0 Å². The first-order valence-corrected chi connectivity index (χ1v) is 6.62. The fourth-order valence-electron chi connectivity index (χ4n) is 1.91. The Kier molecular flexibility index (Phi) is 4.98. The molecule has 0 bridgehead atoms. The topological polar surface area (TPSA) is 158 Å². The molecule has 0 spiro atoms. The minimum atomic E-state index is -0.715. The number of anilines is 1. The van der Waals surface area contributed by atoms with Crippen LogP contribution in [0.4, 0.5) is 17.1 Å². The van der Waals surface area contributed by atoms with Crippen LogP contribution < -0.4 is 5.43 Å². The van der Waals surface area contributed by atoms with Crippen molar-refractivity contribution >= 4 is 23.3 Å². The highest BCUT2D eigenvalue weighted by Crippen LogP contribution is 2.28. The lowest BCUT2D eigenvalue weighted by Crippen LogP contribution is -1.99. The van der Waals surface area contributed by atoms with Gasteiger partial charge in [-0.3, -0.25) is 25.7 Å². The van der Waals surface area contributed by atoms with Crippen LogP contribution in [-0.4, -0.2) is 16.1 Å². The number of non-ortho nitro benzene ring substituents is 1. The lowest BCUT2D eigenvalue weighted by atomic mass is 10.1. The van der Waals surface area contributed by atoms with Crippen LogP contribution in [0.3, 0.4) is 0 Å². The maximum atomic E-state index is 11.1. The summed E-state index contributed by atoms with van der Waals surface area (Å²) in [6.45, 7) is 0. The maximum Gasteiger partial charge on any atom is 0.295 e. The van der Waals surface area contributed by atoms with Gasteiger partial charge in [0.2, 0.25) is 0 Å². The number of nitrogens with one attached hydrogen (secondary N) is 1. The van der Waals surface area contributed by atoms with Gasteiger partial charge in [0.15, 0.2) is 0 Å². The molecule has 0 aliphatic rings. The van der Waals surface area contributed by atoms with Crippen molar-refractivity contribution in [2.24, 2.45) is 5.10 Å². The molecule has 2 rings (SSSR count). The summed E-state index contributed by atoms with van der Waals surface area (Å²) in [6.07, 6.45) is 1.24. The molecule has 0 atom stereocenters. The molecular weight excluding hydrogens is 328 g/mol. The second-order valence-corrected chi connectivity index (χ2v) is 4.62. The van der Waals surface area contributed by atoms with E-state index in [0.717, 1.165) is 12.1 Å². The number of hydrazone groups is 1. The molecule has 2 aromatic carbocycles. The van der Waals surface area contributed by atoms with Gasteiger partial charge in [0.05, 0.1) is 27.2 Å². The summed E-state index contributed by atoms with van der Waals surface area (Å²) < 4.78 is 0. The molecule has 0 aliphatic heterocycles. The fourth-order valence-corrected chi connectivity index (χ4v) is 1.91. The lowest BCUT2D eigenvalue weighted by Gasteiger charge is -2.04. The number of nitro benzene ring substituents is 2. The molecule has 25 heavy (non-hydrogen) atoms. The molecule has 0 amide bonds. The Hall–Kier alpha value is -4.31. The van der Waals surface area contributed by atoms with Gasteiger partial charge in [0, 0.05) is 23.8 Å². The highest BCUT2D eigenvalue weighted by Gasteiger charge is 2.18. The second kappa shape index (κ2) is 7.30. The van der Waals surface area contributed by atoms with E-state index in [1.165, 1.54) is 24.4 Å². The predicted molar refractivity (Wildman–Crippen MR) is 86.8 cm³/mol. The molecule has 0 heterocycles. The average Bonchev–Trinajstić information content (AvgIpc) is 2.61. The van der Waals surface area contributed by atoms with E-state index >= 15 is 0 Å². The zero-order valence-electron chi connectivity index (χ0n) is 12.4. The van der Waals surface area contributed by atoms with Crippen LogP contribution in [0, 0.1) is 42.9 Å². The quantitative estimate of drug-likeness (QED) is 0.499. The summed E-state index contributed by atoms with van der Waals surface area (Å²) in [5.74, 6) is 0. The minimum absolute atomic E-state index is 0.0406. The normalized spacial score (nSPS) is 10.0. The van der Waals surface area contributed by atoms with Crippen molar-refractivity contribution < 1.29 is 9.85 Å². The number of nitro groups is 2. The van der Waals surface area contributed by atoms with Gasteiger partial charge < -0.3 is 0 Å². The minimum Gasteiger partial charge on any atom is -0.272 e. The van der Waals surface area contributed by atoms with Gasteiger partial charge in [-0.05, 0) is 6.07 Å². The molecule has 10 nitrogen and oxygen atoms in total. The third-order valence-electron chi connectivity index (χ3n) is 3.05. The van der Waals surface area contributed by atoms with Crippen molar-refractivity contribution in [1.29, 1.82) is 10.5 Å². The molecule has 0 saturated heterocycles. The number of hydrogen-bond donors (Lipinski definition) is 1. The summed E-state index contributed by atoms with van der Waals surface area (Å²) in [7, 11) is 0. The Bertz CT molecular complexity index is 971. The number of rotatable bonds is 5. The van der Waals surface area contributed by atoms with Gasteiger partial charge in [0.1, 0.15) is 17.8 Å². The smallest absolute Gasteiger partial charge is 0.272 e. The zero-order chi connectivity index (χ0) is 18.4. The van der Waals surface area contributed by atoms with Gasteiger partial charge in [-0.15, -0.1) is 0 Å². The maximum absolute atomic E-state index is 11.1. The number of benzene rings is 2. The van der Waals surface area contributed by atoms with Gasteiger partial charge in [-0.1, -0.05) is 12.1 Å². The second-order valence-electron chi connectivity index (χ2n) is 4.62. The number of nitrogens with zero attached hydrogens (tertiary/aromatic N) is 5. The van der Waals surface area contributed by atoms with Gasteiger partial charge >= 0.3 is 0 Å². The predicted octanol–water partition coefficient (Wildman–Crippen LogP) is 2.69. The van der Waals surface area contributed by atoms with Gasteiger partial charge in [0.25, 0.3) is 11.4 Å². The Morgan fingerprint density at radius 2 is 1.72 bits per heavy atom. The Morgan fingerprint density at radius 1 is 1.04 bits per heavy atom. The highest BCUT2D eigenvalue weighted by atomic mass is 16.6. The van der Waals surface area contributed by atoms with Crippen LogP contribution in [0.25, 0.3) is 0 Å². The molecule has 0 radical (unpaired) electrons. The van der Waals surface area contributed by atoms with E-state index in [4.69, 9.17) is 10.5 Å². The van der Waals surface area contributed by atoms with Crippen LogP contribution in [0.2, 0.25) is 0 Å². The molecule has 0 aliphatic carbocycles. The van der Waals surface area contributed by atoms with E-state index in [2.05, 4.69) is 10.5 Å². The van der Waals surface area contributed by atoms with Crippen LogP contribution in [0.1, 0.15) is 16.7 Å². The molecule has 0 unspecified atom stereocenters. The molecule has 2 aromatic rings. The Balaban J connectivity index is 2.33. The van der Waals surface area contributed by atoms with Crippen molar-refractivity contribution in [3.05, 3.63) is 73.3 Å². The first kappa shape index (κ1) is 17.1. The number of nitriles is 2. The first-order valence-electron chi connectivity index (χ1n) is 6.62. The van der Waals surface area contributed by atoms with Crippen LogP contribution >= 0.6 is 0 Å². The molecule has 0 aromatic heterocycles. The third kappa shape index (κ3) is 3.91. The molecule has 122 valence electrons. The van der Waals surface area contributed by atoms with Crippen molar-refractivity contribution in [3.8, 4) is 12.1 Å². The van der Waals surface area contributed by atoms with E-state index in [0.29, 0.717) is 5.56 Å². The SMILES string of the molecule is N#Cc1cc(N/N=C\c2cccc([N+](=O)[O-])c2)c([N+](=O)[O-])cc1C#N. The fraction of sp³-hybridized carbons (Fsp3) is 0. The van der Waals surface area contributed by atoms with Crippen molar-refractivity contribution in [1.82, 2.24) is 0 Å². The summed E-state index contributed by atoms with van der Waals surface area (Å²) in [5.41, 5.74) is 2.02. The summed E-state index contributed by atoms with van der Waals surface area (Å²) in [6, 6.07) is 11.2. The van der Waals surface area contributed by atoms with Gasteiger partial charge in [-0.25, -0.2) is 0 Å². The largest absolute Gasteiger partial charge is 0.295 e. The lowest BCUT2D eigenvalue weighted by molar-refractivity contribution is -0.384. The molecular formula is C15H8N6O4. The highest BCUT2D eigenvalue weighted by molar-refractivity contribution is 5.81. The van der Waals surface area contributed by atoms with Crippen LogP contribution in [0.15, 0.2) is 41.5 Å².